The van der Waals surface area contributed by atoms with Gasteiger partial charge in [0.05, 0.1) is 22.1 Å². The van der Waals surface area contributed by atoms with E-state index in [9.17, 15) is 0 Å². The van der Waals surface area contributed by atoms with Gasteiger partial charge in [0, 0.05) is 65.2 Å². The predicted molar refractivity (Wildman–Crippen MR) is 252 cm³/mol. The molecule has 0 saturated heterocycles. The maximum Gasteiger partial charge on any atom is 0.0541 e. The lowest BCUT2D eigenvalue weighted by molar-refractivity contribution is 0.590. The summed E-state index contributed by atoms with van der Waals surface area (Å²) in [4.78, 5) is 0. The summed E-state index contributed by atoms with van der Waals surface area (Å²) >= 11 is 2.57. The van der Waals surface area contributed by atoms with E-state index in [1.165, 1.54) is 99.0 Å². The van der Waals surface area contributed by atoms with E-state index in [1.807, 2.05) is 0 Å². The number of nitrogens with zero attached hydrogens (tertiary/aromatic N) is 3. The Hall–Kier alpha value is -4.55. The first-order valence-electron chi connectivity index (χ1n) is 20.1. The van der Waals surface area contributed by atoms with Crippen molar-refractivity contribution in [3.8, 4) is 11.4 Å². The smallest absolute Gasteiger partial charge is 0.0541 e. The molecule has 0 N–H and O–H groups in total. The van der Waals surface area contributed by atoms with E-state index in [1.54, 1.807) is 0 Å². The van der Waals surface area contributed by atoms with Gasteiger partial charge in [0.2, 0.25) is 0 Å². The van der Waals surface area contributed by atoms with Gasteiger partial charge >= 0.3 is 0 Å². The first kappa shape index (κ1) is 37.1. The number of hydrogen-bond donors (Lipinski definition) is 0. The molecular weight excluding hydrogens is 793 g/mol. The second-order valence-corrected chi connectivity index (χ2v) is 22.5. The average molecular weight is 848 g/mol. The number of aromatic nitrogens is 3. The lowest BCUT2D eigenvalue weighted by Crippen LogP contribution is -2.10. The van der Waals surface area contributed by atoms with Crippen molar-refractivity contribution in [2.45, 2.75) is 95.8 Å². The summed E-state index contributed by atoms with van der Waals surface area (Å²) in [5.41, 5.74) is 15.4. The SMILES string of the molecule is Cn1c2ccc(-n3c4ccc(C(C)(C)C)cc4c4cc(C(C)(C)C)ccc43)cc2c2cc(-n3c4ccc(C(C)(C)C)cc4c4cc(C(C)(C)I)ccc43)ccc21. The highest BCUT2D eigenvalue weighted by Crippen LogP contribution is 2.42. The van der Waals surface area contributed by atoms with Crippen molar-refractivity contribution in [3.63, 3.8) is 0 Å². The topological polar surface area (TPSA) is 14.8 Å². The van der Waals surface area contributed by atoms with Crippen LogP contribution in [0, 0.1) is 0 Å². The van der Waals surface area contributed by atoms with Crippen LogP contribution in [0.5, 0.6) is 0 Å². The summed E-state index contributed by atoms with van der Waals surface area (Å²) in [7, 11) is 2.20. The Morgan fingerprint density at radius 3 is 0.911 bits per heavy atom. The van der Waals surface area contributed by atoms with E-state index in [0.29, 0.717) is 0 Å². The summed E-state index contributed by atoms with van der Waals surface area (Å²) in [6.45, 7) is 25.4. The van der Waals surface area contributed by atoms with Gasteiger partial charge in [0.25, 0.3) is 0 Å². The highest BCUT2D eigenvalue weighted by Gasteiger charge is 2.24. The maximum atomic E-state index is 2.57. The molecule has 9 aromatic rings. The molecule has 3 nitrogen and oxygen atoms in total. The molecule has 0 aliphatic carbocycles. The molecule has 0 radical (unpaired) electrons. The van der Waals surface area contributed by atoms with Crippen molar-refractivity contribution in [2.24, 2.45) is 7.05 Å². The lowest BCUT2D eigenvalue weighted by Gasteiger charge is -2.19. The van der Waals surface area contributed by atoms with Crippen LogP contribution in [-0.4, -0.2) is 13.7 Å². The van der Waals surface area contributed by atoms with Gasteiger partial charge in [-0.1, -0.05) is 109 Å². The Labute approximate surface area is 345 Å². The molecule has 4 heteroatoms. The van der Waals surface area contributed by atoms with Crippen LogP contribution in [0.25, 0.3) is 76.8 Å². The van der Waals surface area contributed by atoms with Crippen molar-refractivity contribution in [2.75, 3.05) is 0 Å². The molecule has 284 valence electrons. The standard InChI is InChI=1S/C52H54IN3/c1-49(2,3)31-13-19-45-37(25-31)38-26-32(50(4,5)6)14-20-46(38)55(45)35-17-23-43-41(29-35)42-30-36(18-24-44(42)54(43)12)56-47-21-15-33(51(7,8)9)27-39(47)40-28-34(52(10,11)53)16-22-48(40)56/h13-30H,1-12H3. The molecule has 56 heavy (non-hydrogen) atoms. The molecule has 0 atom stereocenters. The summed E-state index contributed by atoms with van der Waals surface area (Å²) in [5, 5.41) is 7.77. The first-order chi connectivity index (χ1) is 26.2. The lowest BCUT2D eigenvalue weighted by atomic mass is 9.85. The molecule has 3 aromatic heterocycles. The van der Waals surface area contributed by atoms with Gasteiger partial charge in [-0.25, -0.2) is 0 Å². The van der Waals surface area contributed by atoms with Crippen molar-refractivity contribution >= 4 is 88.0 Å². The zero-order chi connectivity index (χ0) is 39.9. The Morgan fingerprint density at radius 2 is 0.607 bits per heavy atom. The quantitative estimate of drug-likeness (QED) is 0.124. The second kappa shape index (κ2) is 12.2. The number of halogens is 1. The predicted octanol–water partition coefficient (Wildman–Crippen LogP) is 15.1. The van der Waals surface area contributed by atoms with Crippen LogP contribution in [-0.2, 0) is 26.7 Å². The summed E-state index contributed by atoms with van der Waals surface area (Å²) in [6, 6.07) is 42.5. The minimum absolute atomic E-state index is 0.0295. The van der Waals surface area contributed by atoms with Gasteiger partial charge in [-0.3, -0.25) is 0 Å². The third kappa shape index (κ3) is 5.80. The van der Waals surface area contributed by atoms with Gasteiger partial charge < -0.3 is 13.7 Å². The second-order valence-electron chi connectivity index (χ2n) is 19.8. The number of alkyl halides is 1. The zero-order valence-electron chi connectivity index (χ0n) is 35.1. The van der Waals surface area contributed by atoms with Gasteiger partial charge in [0.15, 0.2) is 0 Å². The van der Waals surface area contributed by atoms with Crippen LogP contribution in [0.3, 0.4) is 0 Å². The number of rotatable bonds is 3. The molecule has 0 aliphatic rings. The monoisotopic (exact) mass is 847 g/mol. The number of hydrogen-bond acceptors (Lipinski definition) is 0. The fraction of sp³-hybridized carbons (Fsp3) is 0.308. The minimum Gasteiger partial charge on any atom is -0.344 e. The average Bonchev–Trinajstić information content (AvgIpc) is 3.73. The number of benzene rings is 6. The van der Waals surface area contributed by atoms with Crippen LogP contribution < -0.4 is 0 Å². The Balaban J connectivity index is 1.29. The van der Waals surface area contributed by atoms with Gasteiger partial charge in [-0.05, 0) is 137 Å². The first-order valence-corrected chi connectivity index (χ1v) is 21.2. The van der Waals surface area contributed by atoms with Crippen LogP contribution >= 0.6 is 22.6 Å². The van der Waals surface area contributed by atoms with Gasteiger partial charge in [-0.2, -0.15) is 0 Å². The molecule has 0 saturated carbocycles. The van der Waals surface area contributed by atoms with Crippen molar-refractivity contribution in [3.05, 3.63) is 131 Å². The van der Waals surface area contributed by atoms with E-state index in [-0.39, 0.29) is 19.7 Å². The van der Waals surface area contributed by atoms with Crippen molar-refractivity contribution in [1.29, 1.82) is 0 Å². The largest absolute Gasteiger partial charge is 0.344 e. The third-order valence-electron chi connectivity index (χ3n) is 12.3. The van der Waals surface area contributed by atoms with Crippen molar-refractivity contribution in [1.82, 2.24) is 13.7 Å². The molecule has 0 aliphatic heterocycles. The van der Waals surface area contributed by atoms with E-state index >= 15 is 0 Å². The number of fused-ring (bicyclic) bond motifs is 9. The molecular formula is C52H54IN3. The minimum atomic E-state index is 0.0295. The Kier molecular flexibility index (Phi) is 8.09. The Morgan fingerprint density at radius 1 is 0.339 bits per heavy atom. The van der Waals surface area contributed by atoms with Crippen LogP contribution in [0.2, 0.25) is 0 Å². The molecule has 0 unspecified atom stereocenters. The third-order valence-corrected chi connectivity index (χ3v) is 12.9. The van der Waals surface area contributed by atoms with Crippen LogP contribution in [0.15, 0.2) is 109 Å². The fourth-order valence-electron chi connectivity index (χ4n) is 8.84. The van der Waals surface area contributed by atoms with E-state index < -0.39 is 0 Å². The van der Waals surface area contributed by atoms with E-state index in [2.05, 4.69) is 229 Å². The zero-order valence-corrected chi connectivity index (χ0v) is 37.3. The molecule has 0 bridgehead atoms. The Bertz CT molecular complexity index is 2710. The van der Waals surface area contributed by atoms with Crippen LogP contribution in [0.1, 0.15) is 98.4 Å². The van der Waals surface area contributed by atoms with Gasteiger partial charge in [-0.15, -0.1) is 0 Å². The fourth-order valence-corrected chi connectivity index (χ4v) is 9.18. The van der Waals surface area contributed by atoms with Crippen molar-refractivity contribution < 1.29 is 0 Å². The normalized spacial score (nSPS) is 13.4. The van der Waals surface area contributed by atoms with E-state index in [4.69, 9.17) is 0 Å². The summed E-state index contributed by atoms with van der Waals surface area (Å²) in [5.74, 6) is 0. The van der Waals surface area contributed by atoms with Crippen LogP contribution in [0.4, 0.5) is 0 Å². The highest BCUT2D eigenvalue weighted by molar-refractivity contribution is 14.1. The molecule has 6 aromatic carbocycles. The molecule has 0 spiro atoms. The van der Waals surface area contributed by atoms with Gasteiger partial charge in [0.1, 0.15) is 0 Å². The van der Waals surface area contributed by atoms with E-state index in [0.717, 1.165) is 0 Å². The molecule has 0 fully saturated rings. The number of aryl methyl sites for hydroxylation is 1. The molecule has 0 amide bonds. The maximum absolute atomic E-state index is 2.57. The molecule has 3 heterocycles. The summed E-state index contributed by atoms with van der Waals surface area (Å²) in [6.07, 6.45) is 0. The summed E-state index contributed by atoms with van der Waals surface area (Å²) < 4.78 is 7.35. The molecule has 9 rings (SSSR count). The highest BCUT2D eigenvalue weighted by atomic mass is 127.